The van der Waals surface area contributed by atoms with E-state index in [1.165, 1.54) is 4.90 Å². The van der Waals surface area contributed by atoms with Crippen LogP contribution < -0.4 is 5.56 Å². The zero-order valence-corrected chi connectivity index (χ0v) is 17.0. The Hall–Kier alpha value is -2.65. The Kier molecular flexibility index (Phi) is 5.85. The second-order valence-electron chi connectivity index (χ2n) is 6.31. The van der Waals surface area contributed by atoms with Crippen molar-refractivity contribution in [3.05, 3.63) is 56.8 Å². The third-order valence-electron chi connectivity index (χ3n) is 4.52. The first-order valence-corrected chi connectivity index (χ1v) is 9.85. The molecule has 1 saturated heterocycles. The van der Waals surface area contributed by atoms with Gasteiger partial charge in [0.25, 0.3) is 11.5 Å². The van der Waals surface area contributed by atoms with Crippen LogP contribution in [-0.4, -0.2) is 42.1 Å². The van der Waals surface area contributed by atoms with E-state index in [0.29, 0.717) is 21.2 Å². The van der Waals surface area contributed by atoms with Gasteiger partial charge >= 0.3 is 5.97 Å². The van der Waals surface area contributed by atoms with Gasteiger partial charge in [-0.3, -0.25) is 24.0 Å². The smallest absolute Gasteiger partial charge is 0.303 e. The Balaban J connectivity index is 1.92. The van der Waals surface area contributed by atoms with Crippen LogP contribution in [0.25, 0.3) is 11.8 Å². The average molecular weight is 418 g/mol. The zero-order valence-electron chi connectivity index (χ0n) is 15.4. The van der Waals surface area contributed by atoms with Crippen molar-refractivity contribution in [2.45, 2.75) is 19.8 Å². The van der Waals surface area contributed by atoms with Crippen LogP contribution in [0.5, 0.6) is 0 Å². The topological polar surface area (TPSA) is 84.5 Å². The molecule has 1 aliphatic heterocycles. The predicted octanol–water partition coefficient (Wildman–Crippen LogP) is 2.55. The fourth-order valence-electron chi connectivity index (χ4n) is 2.97. The number of para-hydroxylation sites is 1. The minimum Gasteiger partial charge on any atom is -0.481 e. The number of amides is 1. The number of rotatable bonds is 6. The van der Waals surface area contributed by atoms with Gasteiger partial charge in [-0.2, -0.15) is 0 Å². The largest absolute Gasteiger partial charge is 0.481 e. The lowest BCUT2D eigenvalue weighted by molar-refractivity contribution is -0.137. The van der Waals surface area contributed by atoms with Crippen LogP contribution >= 0.6 is 24.0 Å². The van der Waals surface area contributed by atoms with E-state index < -0.39 is 5.97 Å². The lowest BCUT2D eigenvalue weighted by Crippen LogP contribution is -2.29. The number of carbonyl (C=O) groups excluding carboxylic acids is 1. The second kappa shape index (κ2) is 8.15. The van der Waals surface area contributed by atoms with Gasteiger partial charge in [0, 0.05) is 25.7 Å². The number of carboxylic acid groups (broad SMARTS) is 1. The number of carbonyl (C=O) groups is 2. The van der Waals surface area contributed by atoms with Gasteiger partial charge in [-0.05, 0) is 31.6 Å². The fraction of sp³-hybridized carbons (Fsp3) is 0.263. The Morgan fingerprint density at radius 1 is 1.25 bits per heavy atom. The highest BCUT2D eigenvalue weighted by Crippen LogP contribution is 2.32. The molecule has 7 nitrogen and oxygen atoms in total. The minimum absolute atomic E-state index is 0.0321. The van der Waals surface area contributed by atoms with Gasteiger partial charge in [-0.1, -0.05) is 42.2 Å². The maximum atomic E-state index is 13.0. The first-order chi connectivity index (χ1) is 13.3. The van der Waals surface area contributed by atoms with Crippen molar-refractivity contribution < 1.29 is 14.7 Å². The summed E-state index contributed by atoms with van der Waals surface area (Å²) < 4.78 is 3.67. The van der Waals surface area contributed by atoms with Gasteiger partial charge in [-0.25, -0.2) is 4.68 Å². The van der Waals surface area contributed by atoms with Crippen molar-refractivity contribution in [2.75, 3.05) is 6.54 Å². The fourth-order valence-corrected chi connectivity index (χ4v) is 4.26. The number of thiocarbonyl (C=S) groups is 1. The maximum Gasteiger partial charge on any atom is 0.303 e. The van der Waals surface area contributed by atoms with Gasteiger partial charge in [0.15, 0.2) is 0 Å². The molecule has 3 rings (SSSR count). The summed E-state index contributed by atoms with van der Waals surface area (Å²) in [4.78, 5) is 38.1. The van der Waals surface area contributed by atoms with Crippen molar-refractivity contribution in [3.8, 4) is 5.69 Å². The summed E-state index contributed by atoms with van der Waals surface area (Å²) in [5, 5.41) is 8.76. The van der Waals surface area contributed by atoms with Crippen LogP contribution in [-0.2, 0) is 16.6 Å². The average Bonchev–Trinajstić information content (AvgIpc) is 3.04. The van der Waals surface area contributed by atoms with E-state index in [9.17, 15) is 14.4 Å². The molecule has 0 saturated carbocycles. The summed E-state index contributed by atoms with van der Waals surface area (Å²) in [5.41, 5.74) is 1.67. The summed E-state index contributed by atoms with van der Waals surface area (Å²) >= 11 is 6.38. The van der Waals surface area contributed by atoms with Gasteiger partial charge in [0.1, 0.15) is 4.32 Å². The Morgan fingerprint density at radius 3 is 2.57 bits per heavy atom. The molecular weight excluding hydrogens is 398 g/mol. The van der Waals surface area contributed by atoms with Crippen molar-refractivity contribution in [1.29, 1.82) is 0 Å². The third kappa shape index (κ3) is 3.81. The van der Waals surface area contributed by atoms with Crippen LogP contribution in [0.15, 0.2) is 40.0 Å². The van der Waals surface area contributed by atoms with E-state index in [0.717, 1.165) is 23.1 Å². The van der Waals surface area contributed by atoms with Crippen molar-refractivity contribution in [2.24, 2.45) is 7.05 Å². The molecular formula is C19H19N3O4S2. The minimum atomic E-state index is -0.914. The van der Waals surface area contributed by atoms with E-state index in [1.807, 2.05) is 37.3 Å². The molecule has 28 heavy (non-hydrogen) atoms. The molecule has 1 fully saturated rings. The Labute approximate surface area is 171 Å². The van der Waals surface area contributed by atoms with Crippen LogP contribution in [0.2, 0.25) is 0 Å². The standard InChI is InChI=1S/C19H19N3O4S2/c1-12-14(17(25)22(20(12)2)13-7-4-3-5-8-13)11-15-18(26)21(19(27)28-15)10-6-9-16(23)24/h3-5,7-8,11H,6,9-10H2,1-2H3,(H,23,24). The molecule has 0 unspecified atom stereocenters. The summed E-state index contributed by atoms with van der Waals surface area (Å²) in [6, 6.07) is 9.26. The normalized spacial score (nSPS) is 15.6. The molecule has 2 heterocycles. The van der Waals surface area contributed by atoms with Gasteiger partial charge < -0.3 is 5.11 Å². The summed E-state index contributed by atoms with van der Waals surface area (Å²) in [6.07, 6.45) is 1.86. The first kappa shape index (κ1) is 20.1. The molecule has 0 atom stereocenters. The molecule has 9 heteroatoms. The number of carboxylic acids is 1. The van der Waals surface area contributed by atoms with Crippen molar-refractivity contribution >= 4 is 46.3 Å². The van der Waals surface area contributed by atoms with E-state index in [1.54, 1.807) is 22.5 Å². The maximum absolute atomic E-state index is 13.0. The van der Waals surface area contributed by atoms with E-state index >= 15 is 0 Å². The van der Waals surface area contributed by atoms with Crippen molar-refractivity contribution in [3.63, 3.8) is 0 Å². The van der Waals surface area contributed by atoms with Crippen molar-refractivity contribution in [1.82, 2.24) is 14.3 Å². The Bertz CT molecular complexity index is 1040. The number of nitrogens with zero attached hydrogens (tertiary/aromatic N) is 3. The first-order valence-electron chi connectivity index (χ1n) is 8.62. The number of hydrogen-bond donors (Lipinski definition) is 1. The lowest BCUT2D eigenvalue weighted by atomic mass is 10.2. The lowest BCUT2D eigenvalue weighted by Gasteiger charge is -2.13. The molecule has 1 N–H and O–H groups in total. The molecule has 0 aliphatic carbocycles. The number of benzene rings is 1. The van der Waals surface area contributed by atoms with E-state index in [2.05, 4.69) is 0 Å². The summed E-state index contributed by atoms with van der Waals surface area (Å²) in [6.45, 7) is 2.07. The monoisotopic (exact) mass is 417 g/mol. The van der Waals surface area contributed by atoms with Crippen LogP contribution in [0.3, 0.4) is 0 Å². The molecule has 1 amide bonds. The highest BCUT2D eigenvalue weighted by Gasteiger charge is 2.32. The molecule has 146 valence electrons. The molecule has 1 aliphatic rings. The predicted molar refractivity (Wildman–Crippen MR) is 112 cm³/mol. The molecule has 0 spiro atoms. The molecule has 1 aromatic carbocycles. The highest BCUT2D eigenvalue weighted by atomic mass is 32.2. The van der Waals surface area contributed by atoms with Crippen LogP contribution in [0.1, 0.15) is 24.1 Å². The molecule has 2 aromatic rings. The Morgan fingerprint density at radius 2 is 1.93 bits per heavy atom. The number of hydrogen-bond acceptors (Lipinski definition) is 5. The quantitative estimate of drug-likeness (QED) is 0.574. The number of aromatic nitrogens is 2. The second-order valence-corrected chi connectivity index (χ2v) is 7.98. The van der Waals surface area contributed by atoms with Crippen LogP contribution in [0, 0.1) is 6.92 Å². The van der Waals surface area contributed by atoms with Gasteiger partial charge in [-0.15, -0.1) is 0 Å². The van der Waals surface area contributed by atoms with Gasteiger partial charge in [0.2, 0.25) is 0 Å². The summed E-state index contributed by atoms with van der Waals surface area (Å²) in [5.74, 6) is -1.21. The molecule has 0 radical (unpaired) electrons. The number of aliphatic carboxylic acids is 1. The van der Waals surface area contributed by atoms with Crippen LogP contribution in [0.4, 0.5) is 0 Å². The summed E-state index contributed by atoms with van der Waals surface area (Å²) in [7, 11) is 1.79. The van der Waals surface area contributed by atoms with E-state index in [4.69, 9.17) is 17.3 Å². The molecule has 0 bridgehead atoms. The van der Waals surface area contributed by atoms with E-state index in [-0.39, 0.29) is 24.4 Å². The highest BCUT2D eigenvalue weighted by molar-refractivity contribution is 8.26. The third-order valence-corrected chi connectivity index (χ3v) is 5.90. The van der Waals surface area contributed by atoms with Gasteiger partial charge in [0.05, 0.1) is 16.2 Å². The SMILES string of the molecule is Cc1c(C=C2SC(=S)N(CCCC(=O)O)C2=O)c(=O)n(-c2ccccc2)n1C. The number of thioether (sulfide) groups is 1. The zero-order chi connectivity index (χ0) is 20.4. The molecule has 1 aromatic heterocycles.